The van der Waals surface area contributed by atoms with Crippen molar-refractivity contribution in [2.24, 2.45) is 5.10 Å². The van der Waals surface area contributed by atoms with E-state index in [1.807, 2.05) is 55.5 Å². The number of nitrogens with zero attached hydrogens (tertiary/aromatic N) is 5. The van der Waals surface area contributed by atoms with E-state index in [0.29, 0.717) is 5.82 Å². The van der Waals surface area contributed by atoms with Gasteiger partial charge in [0.2, 0.25) is 0 Å². The molecule has 0 amide bonds. The number of aromatic nitrogens is 4. The van der Waals surface area contributed by atoms with Gasteiger partial charge in [0.05, 0.1) is 35.0 Å². The van der Waals surface area contributed by atoms with Crippen molar-refractivity contribution in [2.45, 2.75) is 6.92 Å². The smallest absolute Gasteiger partial charge is 0.146 e. The largest absolute Gasteiger partial charge is 0.261 e. The normalized spacial score (nSPS) is 11.1. The van der Waals surface area contributed by atoms with Gasteiger partial charge in [0.1, 0.15) is 5.82 Å². The molecule has 0 radical (unpaired) electrons. The van der Waals surface area contributed by atoms with Gasteiger partial charge in [-0.3, -0.25) is 20.4 Å². The van der Waals surface area contributed by atoms with Crippen LogP contribution in [0.4, 0.5) is 5.82 Å². The molecule has 4 aromatic heterocycles. The van der Waals surface area contributed by atoms with E-state index in [2.05, 4.69) is 30.5 Å². The summed E-state index contributed by atoms with van der Waals surface area (Å²) in [6.07, 6.45) is 6.91. The average Bonchev–Trinajstić information content (AvgIpc) is 2.69. The van der Waals surface area contributed by atoms with E-state index in [1.54, 1.807) is 24.8 Å². The Labute approximate surface area is 150 Å². The maximum Gasteiger partial charge on any atom is 0.146 e. The van der Waals surface area contributed by atoms with E-state index < -0.39 is 0 Å². The molecule has 1 N–H and O–H groups in total. The molecular weight excluding hydrogens is 324 g/mol. The molecule has 0 aliphatic carbocycles. The molecule has 0 unspecified atom stereocenters. The van der Waals surface area contributed by atoms with Crippen molar-refractivity contribution in [3.8, 4) is 11.4 Å². The van der Waals surface area contributed by atoms with Crippen LogP contribution in [-0.4, -0.2) is 26.2 Å². The quantitative estimate of drug-likeness (QED) is 0.451. The lowest BCUT2D eigenvalue weighted by molar-refractivity contribution is 1.21. The summed E-state index contributed by atoms with van der Waals surface area (Å²) in [7, 11) is 0. The number of hydrazone groups is 1. The molecule has 6 nitrogen and oxygen atoms in total. The van der Waals surface area contributed by atoms with Crippen LogP contribution in [0.15, 0.2) is 72.2 Å². The Kier molecular flexibility index (Phi) is 4.30. The van der Waals surface area contributed by atoms with Gasteiger partial charge in [-0.1, -0.05) is 12.1 Å². The van der Waals surface area contributed by atoms with Gasteiger partial charge in [-0.25, -0.2) is 4.98 Å². The van der Waals surface area contributed by atoms with E-state index in [-0.39, 0.29) is 0 Å². The number of rotatable bonds is 4. The van der Waals surface area contributed by atoms with E-state index >= 15 is 0 Å². The average molecular weight is 340 g/mol. The second kappa shape index (κ2) is 7.06. The van der Waals surface area contributed by atoms with Gasteiger partial charge in [0, 0.05) is 17.8 Å². The number of pyridine rings is 4. The molecule has 0 aliphatic rings. The van der Waals surface area contributed by atoms with Gasteiger partial charge in [-0.2, -0.15) is 5.10 Å². The van der Waals surface area contributed by atoms with Gasteiger partial charge >= 0.3 is 0 Å². The summed E-state index contributed by atoms with van der Waals surface area (Å²) < 4.78 is 0. The van der Waals surface area contributed by atoms with Crippen molar-refractivity contribution in [1.29, 1.82) is 0 Å². The first-order valence-corrected chi connectivity index (χ1v) is 8.18. The predicted molar refractivity (Wildman–Crippen MR) is 103 cm³/mol. The molecule has 4 aromatic rings. The topological polar surface area (TPSA) is 76.0 Å². The van der Waals surface area contributed by atoms with Crippen molar-refractivity contribution in [1.82, 2.24) is 19.9 Å². The van der Waals surface area contributed by atoms with E-state index in [9.17, 15) is 0 Å². The minimum atomic E-state index is 0.647. The number of aryl methyl sites for hydroxylation is 1. The van der Waals surface area contributed by atoms with E-state index in [0.717, 1.165) is 33.5 Å². The second-order valence-corrected chi connectivity index (χ2v) is 5.75. The molecule has 4 heterocycles. The highest BCUT2D eigenvalue weighted by Gasteiger charge is 2.06. The van der Waals surface area contributed by atoms with Crippen molar-refractivity contribution in [3.05, 3.63) is 78.4 Å². The van der Waals surface area contributed by atoms with Crippen LogP contribution in [0.3, 0.4) is 0 Å². The molecule has 0 saturated heterocycles. The maximum absolute atomic E-state index is 4.54. The second-order valence-electron chi connectivity index (χ2n) is 5.75. The standard InChI is InChI=1S/C20H16N6/c1-14-5-4-10-22-20(14)17-11-15-7-8-19(25-18(15)13-23-17)26-24-12-16-6-2-3-9-21-16/h2-13H,1H3,(H,25,26)/b24-12+. The number of hydrogen-bond acceptors (Lipinski definition) is 6. The van der Waals surface area contributed by atoms with Crippen LogP contribution in [-0.2, 0) is 0 Å². The van der Waals surface area contributed by atoms with Gasteiger partial charge in [0.15, 0.2) is 0 Å². The summed E-state index contributed by atoms with van der Waals surface area (Å²) >= 11 is 0. The number of hydrogen-bond donors (Lipinski definition) is 1. The van der Waals surface area contributed by atoms with Crippen LogP contribution in [0.2, 0.25) is 0 Å². The zero-order valence-corrected chi connectivity index (χ0v) is 14.2. The van der Waals surface area contributed by atoms with E-state index in [1.165, 1.54) is 0 Å². The zero-order valence-electron chi connectivity index (χ0n) is 14.2. The zero-order chi connectivity index (χ0) is 17.8. The summed E-state index contributed by atoms with van der Waals surface area (Å²) in [4.78, 5) is 17.6. The Bertz CT molecular complexity index is 1080. The van der Waals surface area contributed by atoms with Crippen molar-refractivity contribution >= 4 is 22.9 Å². The molecule has 0 fully saturated rings. The van der Waals surface area contributed by atoms with Crippen molar-refractivity contribution in [3.63, 3.8) is 0 Å². The van der Waals surface area contributed by atoms with Gasteiger partial charge in [-0.05, 0) is 48.9 Å². The molecule has 0 bridgehead atoms. The molecule has 0 spiro atoms. The van der Waals surface area contributed by atoms with Crippen molar-refractivity contribution in [2.75, 3.05) is 5.43 Å². The minimum absolute atomic E-state index is 0.647. The highest BCUT2D eigenvalue weighted by molar-refractivity contribution is 5.83. The summed E-state index contributed by atoms with van der Waals surface area (Å²) in [6.45, 7) is 2.03. The SMILES string of the molecule is Cc1cccnc1-c1cc2ccc(N/N=C/c3ccccn3)nc2cn1. The fraction of sp³-hybridized carbons (Fsp3) is 0.0500. The number of nitrogens with one attached hydrogen (secondary N) is 1. The third-order valence-electron chi connectivity index (χ3n) is 3.89. The molecular formula is C20H16N6. The van der Waals surface area contributed by atoms with Crippen LogP contribution < -0.4 is 5.43 Å². The number of anilines is 1. The Balaban J connectivity index is 1.57. The summed E-state index contributed by atoms with van der Waals surface area (Å²) in [6, 6.07) is 15.5. The highest BCUT2D eigenvalue weighted by atomic mass is 15.3. The van der Waals surface area contributed by atoms with Crippen LogP contribution >= 0.6 is 0 Å². The Morgan fingerprint density at radius 2 is 1.88 bits per heavy atom. The van der Waals surface area contributed by atoms with Gasteiger partial charge < -0.3 is 0 Å². The molecule has 0 saturated carbocycles. The van der Waals surface area contributed by atoms with Crippen LogP contribution in [0.25, 0.3) is 22.3 Å². The fourth-order valence-corrected chi connectivity index (χ4v) is 2.59. The lowest BCUT2D eigenvalue weighted by Gasteiger charge is -2.06. The maximum atomic E-state index is 4.54. The molecule has 26 heavy (non-hydrogen) atoms. The molecule has 6 heteroatoms. The summed E-state index contributed by atoms with van der Waals surface area (Å²) in [5.74, 6) is 0.647. The molecule has 126 valence electrons. The van der Waals surface area contributed by atoms with Crippen LogP contribution in [0.5, 0.6) is 0 Å². The van der Waals surface area contributed by atoms with Crippen molar-refractivity contribution < 1.29 is 0 Å². The lowest BCUT2D eigenvalue weighted by atomic mass is 10.1. The lowest BCUT2D eigenvalue weighted by Crippen LogP contribution is -1.96. The predicted octanol–water partition coefficient (Wildman–Crippen LogP) is 3.84. The minimum Gasteiger partial charge on any atom is -0.261 e. The monoisotopic (exact) mass is 340 g/mol. The molecule has 0 atom stereocenters. The third-order valence-corrected chi connectivity index (χ3v) is 3.89. The third kappa shape index (κ3) is 3.39. The Hall–Kier alpha value is -3.67. The van der Waals surface area contributed by atoms with Crippen LogP contribution in [0, 0.1) is 6.92 Å². The van der Waals surface area contributed by atoms with Gasteiger partial charge in [-0.15, -0.1) is 0 Å². The number of fused-ring (bicyclic) bond motifs is 1. The highest BCUT2D eigenvalue weighted by Crippen LogP contribution is 2.22. The molecule has 4 rings (SSSR count). The van der Waals surface area contributed by atoms with Crippen LogP contribution in [0.1, 0.15) is 11.3 Å². The first-order chi connectivity index (χ1) is 12.8. The Morgan fingerprint density at radius 3 is 2.73 bits per heavy atom. The first-order valence-electron chi connectivity index (χ1n) is 8.18. The molecule has 0 aromatic carbocycles. The first kappa shape index (κ1) is 15.8. The Morgan fingerprint density at radius 1 is 0.962 bits per heavy atom. The van der Waals surface area contributed by atoms with Gasteiger partial charge in [0.25, 0.3) is 0 Å². The summed E-state index contributed by atoms with van der Waals surface area (Å²) in [5.41, 5.74) is 7.30. The summed E-state index contributed by atoms with van der Waals surface area (Å²) in [5, 5.41) is 5.16. The van der Waals surface area contributed by atoms with E-state index in [4.69, 9.17) is 0 Å². The fourth-order valence-electron chi connectivity index (χ4n) is 2.59. The molecule has 0 aliphatic heterocycles.